The molecule has 0 bridgehead atoms. The number of hydrogen-bond acceptors (Lipinski definition) is 2. The van der Waals surface area contributed by atoms with Gasteiger partial charge in [-0.3, -0.25) is 0 Å². The maximum Gasteiger partial charge on any atom is 0.153 e. The predicted octanol–water partition coefficient (Wildman–Crippen LogP) is 4.98. The normalized spacial score (nSPS) is 11.4. The van der Waals surface area contributed by atoms with Crippen LogP contribution in [0, 0.1) is 13.8 Å². The number of ether oxygens (including phenoxy) is 1. The number of nitrogen functional groups attached to an aromatic ring is 1. The zero-order valence-corrected chi connectivity index (χ0v) is 12.9. The zero-order chi connectivity index (χ0) is 14.9. The fraction of sp³-hybridized carbons (Fsp3) is 0.333. The van der Waals surface area contributed by atoms with Crippen LogP contribution in [0.2, 0.25) is 0 Å². The molecule has 0 aliphatic heterocycles. The molecule has 2 N–H and O–H groups in total. The monoisotopic (exact) mass is 269 g/mol. The van der Waals surface area contributed by atoms with Gasteiger partial charge in [0.15, 0.2) is 5.75 Å². The summed E-state index contributed by atoms with van der Waals surface area (Å²) in [5, 5.41) is 0. The van der Waals surface area contributed by atoms with Gasteiger partial charge in [-0.05, 0) is 42.5 Å². The number of nitrogens with two attached hydrogens (primary N) is 1. The molecule has 2 aromatic carbocycles. The van der Waals surface area contributed by atoms with Crippen molar-refractivity contribution in [3.05, 3.63) is 53.1 Å². The van der Waals surface area contributed by atoms with E-state index in [0.29, 0.717) is 5.69 Å². The van der Waals surface area contributed by atoms with E-state index >= 15 is 0 Å². The lowest BCUT2D eigenvalue weighted by molar-refractivity contribution is 0.454. The molecule has 0 spiro atoms. The molecule has 0 atom stereocenters. The Bertz CT molecular complexity index is 604. The summed E-state index contributed by atoms with van der Waals surface area (Å²) in [4.78, 5) is 0. The summed E-state index contributed by atoms with van der Waals surface area (Å²) in [5.41, 5.74) is 10.2. The van der Waals surface area contributed by atoms with Crippen molar-refractivity contribution in [2.45, 2.75) is 40.0 Å². The lowest BCUT2D eigenvalue weighted by Gasteiger charge is -2.24. The molecule has 2 aromatic rings. The van der Waals surface area contributed by atoms with E-state index in [4.69, 9.17) is 10.5 Å². The van der Waals surface area contributed by atoms with Gasteiger partial charge in [-0.25, -0.2) is 0 Å². The van der Waals surface area contributed by atoms with Gasteiger partial charge >= 0.3 is 0 Å². The van der Waals surface area contributed by atoms with Crippen LogP contribution in [-0.4, -0.2) is 0 Å². The minimum Gasteiger partial charge on any atom is -0.455 e. The van der Waals surface area contributed by atoms with Crippen molar-refractivity contribution in [2.75, 3.05) is 5.73 Å². The minimum atomic E-state index is 0.0283. The second kappa shape index (κ2) is 5.20. The fourth-order valence-electron chi connectivity index (χ4n) is 2.26. The van der Waals surface area contributed by atoms with Crippen LogP contribution in [0.5, 0.6) is 11.5 Å². The Morgan fingerprint density at radius 3 is 2.30 bits per heavy atom. The molecule has 2 heteroatoms. The molecular formula is C18H23NO. The molecule has 0 saturated heterocycles. The average Bonchev–Trinajstić information content (AvgIpc) is 2.32. The SMILES string of the molecule is Cc1ccc(C(C)(C)C)c(Oc2c(C)cccc2N)c1. The first-order chi connectivity index (χ1) is 9.29. The van der Waals surface area contributed by atoms with E-state index in [9.17, 15) is 0 Å². The van der Waals surface area contributed by atoms with Crippen molar-refractivity contribution < 1.29 is 4.74 Å². The Hall–Kier alpha value is -1.96. The maximum atomic E-state index is 6.15. The van der Waals surface area contributed by atoms with Gasteiger partial charge in [0.25, 0.3) is 0 Å². The van der Waals surface area contributed by atoms with Crippen LogP contribution in [0.1, 0.15) is 37.5 Å². The van der Waals surface area contributed by atoms with Gasteiger partial charge in [0.1, 0.15) is 5.75 Å². The summed E-state index contributed by atoms with van der Waals surface area (Å²) in [5.74, 6) is 1.64. The van der Waals surface area contributed by atoms with Crippen LogP contribution in [0.3, 0.4) is 0 Å². The third-order valence-electron chi connectivity index (χ3n) is 3.40. The molecule has 0 saturated carbocycles. The van der Waals surface area contributed by atoms with Crippen LogP contribution >= 0.6 is 0 Å². The van der Waals surface area contributed by atoms with Crippen LogP contribution < -0.4 is 10.5 Å². The molecule has 0 unspecified atom stereocenters. The van der Waals surface area contributed by atoms with Crippen molar-refractivity contribution in [2.24, 2.45) is 0 Å². The Labute approximate surface area is 121 Å². The fourth-order valence-corrected chi connectivity index (χ4v) is 2.26. The predicted molar refractivity (Wildman–Crippen MR) is 85.5 cm³/mol. The number of para-hydroxylation sites is 1. The topological polar surface area (TPSA) is 35.2 Å². The third kappa shape index (κ3) is 2.96. The van der Waals surface area contributed by atoms with E-state index in [0.717, 1.165) is 17.1 Å². The van der Waals surface area contributed by atoms with E-state index in [1.54, 1.807) is 0 Å². The smallest absolute Gasteiger partial charge is 0.153 e. The molecule has 0 aliphatic carbocycles. The summed E-state index contributed by atoms with van der Waals surface area (Å²) in [6.45, 7) is 10.6. The van der Waals surface area contributed by atoms with E-state index in [1.165, 1.54) is 11.1 Å². The Morgan fingerprint density at radius 2 is 1.70 bits per heavy atom. The van der Waals surface area contributed by atoms with Gasteiger partial charge in [-0.1, -0.05) is 45.0 Å². The number of anilines is 1. The first-order valence-corrected chi connectivity index (χ1v) is 6.93. The molecule has 0 heterocycles. The summed E-state index contributed by atoms with van der Waals surface area (Å²) in [6.07, 6.45) is 0. The second-order valence-corrected chi connectivity index (χ2v) is 6.34. The number of benzene rings is 2. The van der Waals surface area contributed by atoms with E-state index < -0.39 is 0 Å². The lowest BCUT2D eigenvalue weighted by atomic mass is 9.86. The van der Waals surface area contributed by atoms with Crippen molar-refractivity contribution in [3.8, 4) is 11.5 Å². The van der Waals surface area contributed by atoms with Crippen LogP contribution in [0.25, 0.3) is 0 Å². The molecule has 106 valence electrons. The van der Waals surface area contributed by atoms with Crippen LogP contribution in [-0.2, 0) is 5.41 Å². The lowest BCUT2D eigenvalue weighted by Crippen LogP contribution is -2.13. The Balaban J connectivity index is 2.51. The minimum absolute atomic E-state index is 0.0283. The van der Waals surface area contributed by atoms with Gasteiger partial charge in [0, 0.05) is 5.56 Å². The molecular weight excluding hydrogens is 246 g/mol. The van der Waals surface area contributed by atoms with E-state index in [2.05, 4.69) is 45.9 Å². The van der Waals surface area contributed by atoms with Gasteiger partial charge < -0.3 is 10.5 Å². The van der Waals surface area contributed by atoms with Crippen molar-refractivity contribution in [1.82, 2.24) is 0 Å². The highest BCUT2D eigenvalue weighted by molar-refractivity contribution is 5.58. The van der Waals surface area contributed by atoms with Crippen molar-refractivity contribution >= 4 is 5.69 Å². The molecule has 0 radical (unpaired) electrons. The van der Waals surface area contributed by atoms with Crippen LogP contribution in [0.4, 0.5) is 5.69 Å². The van der Waals surface area contributed by atoms with Crippen molar-refractivity contribution in [3.63, 3.8) is 0 Å². The first kappa shape index (κ1) is 14.4. The van der Waals surface area contributed by atoms with Gasteiger partial charge in [-0.15, -0.1) is 0 Å². The highest BCUT2D eigenvalue weighted by atomic mass is 16.5. The van der Waals surface area contributed by atoms with E-state index in [-0.39, 0.29) is 5.41 Å². The molecule has 20 heavy (non-hydrogen) atoms. The molecule has 2 nitrogen and oxygen atoms in total. The first-order valence-electron chi connectivity index (χ1n) is 6.93. The largest absolute Gasteiger partial charge is 0.455 e. The molecule has 0 aliphatic rings. The number of aryl methyl sites for hydroxylation is 2. The summed E-state index contributed by atoms with van der Waals surface area (Å²) < 4.78 is 6.15. The van der Waals surface area contributed by atoms with E-state index in [1.807, 2.05) is 25.1 Å². The van der Waals surface area contributed by atoms with Crippen LogP contribution in [0.15, 0.2) is 36.4 Å². The highest BCUT2D eigenvalue weighted by Crippen LogP contribution is 2.37. The summed E-state index contributed by atoms with van der Waals surface area (Å²) in [6, 6.07) is 12.2. The molecule has 2 rings (SSSR count). The number of rotatable bonds is 2. The third-order valence-corrected chi connectivity index (χ3v) is 3.40. The zero-order valence-electron chi connectivity index (χ0n) is 12.9. The van der Waals surface area contributed by atoms with Crippen molar-refractivity contribution in [1.29, 1.82) is 0 Å². The summed E-state index contributed by atoms with van der Waals surface area (Å²) >= 11 is 0. The van der Waals surface area contributed by atoms with Gasteiger partial charge in [0.05, 0.1) is 5.69 Å². The number of hydrogen-bond donors (Lipinski definition) is 1. The Morgan fingerprint density at radius 1 is 1.00 bits per heavy atom. The molecule has 0 amide bonds. The standard InChI is InChI=1S/C18H23NO/c1-12-9-10-14(18(3,4)5)16(11-12)20-17-13(2)7-6-8-15(17)19/h6-11H,19H2,1-5H3. The molecule has 0 aromatic heterocycles. The average molecular weight is 269 g/mol. The highest BCUT2D eigenvalue weighted by Gasteiger charge is 2.20. The Kier molecular flexibility index (Phi) is 3.76. The summed E-state index contributed by atoms with van der Waals surface area (Å²) in [7, 11) is 0. The van der Waals surface area contributed by atoms with Gasteiger partial charge in [0.2, 0.25) is 0 Å². The quantitative estimate of drug-likeness (QED) is 0.781. The van der Waals surface area contributed by atoms with Gasteiger partial charge in [-0.2, -0.15) is 0 Å². The second-order valence-electron chi connectivity index (χ2n) is 6.34. The maximum absolute atomic E-state index is 6.15. The molecule has 0 fully saturated rings.